The van der Waals surface area contributed by atoms with Gasteiger partial charge in [-0.25, -0.2) is 9.78 Å². The van der Waals surface area contributed by atoms with E-state index in [9.17, 15) is 9.90 Å². The van der Waals surface area contributed by atoms with Gasteiger partial charge in [0.1, 0.15) is 23.2 Å². The van der Waals surface area contributed by atoms with Crippen molar-refractivity contribution in [2.45, 2.75) is 13.1 Å². The highest BCUT2D eigenvalue weighted by atomic mass is 16.4. The number of carbonyl (C=O) groups is 1. The van der Waals surface area contributed by atoms with Gasteiger partial charge in [-0.05, 0) is 6.07 Å². The summed E-state index contributed by atoms with van der Waals surface area (Å²) in [6.07, 6.45) is 1.61. The molecule has 1 aromatic carbocycles. The second kappa shape index (κ2) is 5.37. The zero-order valence-corrected chi connectivity index (χ0v) is 11.4. The topological polar surface area (TPSA) is 93.2 Å². The molecule has 0 radical (unpaired) electrons. The Morgan fingerprint density at radius 1 is 1.38 bits per heavy atom. The number of hydrogen-bond acceptors (Lipinski definition) is 5. The van der Waals surface area contributed by atoms with Crippen molar-refractivity contribution in [1.29, 1.82) is 0 Å². The first-order valence-corrected chi connectivity index (χ1v) is 6.44. The maximum Gasteiger partial charge on any atom is 0.339 e. The summed E-state index contributed by atoms with van der Waals surface area (Å²) in [5.74, 6) is 0.0535. The standard InChI is InChI=1S/C14H14N4O3/c1-18-8-16-12(17-18)7-15-6-11-13(14(19)20)9-4-2-3-5-10(9)21-11/h2-5,8,15H,6-7H2,1H3,(H,19,20). The summed E-state index contributed by atoms with van der Waals surface area (Å²) in [4.78, 5) is 15.5. The lowest BCUT2D eigenvalue weighted by Gasteiger charge is -2.00. The van der Waals surface area contributed by atoms with Gasteiger partial charge in [0.05, 0.1) is 13.1 Å². The highest BCUT2D eigenvalue weighted by Crippen LogP contribution is 2.25. The highest BCUT2D eigenvalue weighted by molar-refractivity contribution is 6.03. The molecule has 0 saturated heterocycles. The predicted molar refractivity (Wildman–Crippen MR) is 74.7 cm³/mol. The molecule has 7 nitrogen and oxygen atoms in total. The first-order valence-electron chi connectivity index (χ1n) is 6.44. The normalized spacial score (nSPS) is 11.1. The molecule has 3 aromatic rings. The molecule has 0 amide bonds. The number of rotatable bonds is 5. The number of nitrogens with zero attached hydrogens (tertiary/aromatic N) is 3. The lowest BCUT2D eigenvalue weighted by molar-refractivity contribution is 0.0696. The third-order valence-corrected chi connectivity index (χ3v) is 3.10. The first-order chi connectivity index (χ1) is 10.1. The Morgan fingerprint density at radius 3 is 2.90 bits per heavy atom. The molecule has 0 spiro atoms. The Bertz CT molecular complexity index is 790. The van der Waals surface area contributed by atoms with Gasteiger partial charge in [0.15, 0.2) is 5.82 Å². The van der Waals surface area contributed by atoms with E-state index in [2.05, 4.69) is 15.4 Å². The van der Waals surface area contributed by atoms with Crippen molar-refractivity contribution in [2.75, 3.05) is 0 Å². The average molecular weight is 286 g/mol. The lowest BCUT2D eigenvalue weighted by atomic mass is 10.1. The number of hydrogen-bond donors (Lipinski definition) is 2. The molecule has 0 atom stereocenters. The summed E-state index contributed by atoms with van der Waals surface area (Å²) in [6, 6.07) is 7.10. The van der Waals surface area contributed by atoms with E-state index in [1.165, 1.54) is 0 Å². The third-order valence-electron chi connectivity index (χ3n) is 3.10. The number of nitrogens with one attached hydrogen (secondary N) is 1. The fourth-order valence-corrected chi connectivity index (χ4v) is 2.21. The minimum atomic E-state index is -0.993. The fourth-order valence-electron chi connectivity index (χ4n) is 2.21. The van der Waals surface area contributed by atoms with Gasteiger partial charge in [-0.15, -0.1) is 0 Å². The van der Waals surface area contributed by atoms with Crippen molar-refractivity contribution in [2.24, 2.45) is 7.05 Å². The van der Waals surface area contributed by atoms with Gasteiger partial charge in [-0.2, -0.15) is 5.10 Å². The van der Waals surface area contributed by atoms with Crippen LogP contribution in [-0.2, 0) is 20.1 Å². The van der Waals surface area contributed by atoms with Crippen molar-refractivity contribution in [3.63, 3.8) is 0 Å². The van der Waals surface area contributed by atoms with Crippen molar-refractivity contribution in [3.8, 4) is 0 Å². The Hall–Kier alpha value is -2.67. The zero-order chi connectivity index (χ0) is 14.8. The van der Waals surface area contributed by atoms with Crippen LogP contribution in [0.4, 0.5) is 0 Å². The Morgan fingerprint density at radius 2 is 2.19 bits per heavy atom. The van der Waals surface area contributed by atoms with Crippen LogP contribution < -0.4 is 5.32 Å². The lowest BCUT2D eigenvalue weighted by Crippen LogP contribution is -2.15. The summed E-state index contributed by atoms with van der Waals surface area (Å²) >= 11 is 0. The average Bonchev–Trinajstić information content (AvgIpc) is 3.02. The molecule has 0 fully saturated rings. The molecule has 2 heterocycles. The van der Waals surface area contributed by atoms with E-state index in [1.54, 1.807) is 36.3 Å². The van der Waals surface area contributed by atoms with Gasteiger partial charge in [0.25, 0.3) is 0 Å². The van der Waals surface area contributed by atoms with Crippen LogP contribution in [0.25, 0.3) is 11.0 Å². The number of para-hydroxylation sites is 1. The van der Waals surface area contributed by atoms with Gasteiger partial charge < -0.3 is 14.8 Å². The molecule has 0 aliphatic heterocycles. The molecule has 0 saturated carbocycles. The number of benzene rings is 1. The monoisotopic (exact) mass is 286 g/mol. The fraction of sp³-hybridized carbons (Fsp3) is 0.214. The second-order valence-corrected chi connectivity index (χ2v) is 4.64. The second-order valence-electron chi connectivity index (χ2n) is 4.64. The number of fused-ring (bicyclic) bond motifs is 1. The van der Waals surface area contributed by atoms with Crippen LogP contribution in [0.2, 0.25) is 0 Å². The van der Waals surface area contributed by atoms with Gasteiger partial charge in [-0.1, -0.05) is 18.2 Å². The number of furan rings is 1. The van der Waals surface area contributed by atoms with E-state index in [0.29, 0.717) is 35.6 Å². The highest BCUT2D eigenvalue weighted by Gasteiger charge is 2.19. The van der Waals surface area contributed by atoms with Gasteiger partial charge in [-0.3, -0.25) is 4.68 Å². The molecular formula is C14H14N4O3. The van der Waals surface area contributed by atoms with E-state index in [-0.39, 0.29) is 5.56 Å². The summed E-state index contributed by atoms with van der Waals surface area (Å²) in [7, 11) is 1.79. The van der Waals surface area contributed by atoms with Crippen LogP contribution in [0.15, 0.2) is 35.0 Å². The van der Waals surface area contributed by atoms with Crippen LogP contribution in [0.1, 0.15) is 21.9 Å². The van der Waals surface area contributed by atoms with Crippen LogP contribution in [0.5, 0.6) is 0 Å². The van der Waals surface area contributed by atoms with Gasteiger partial charge in [0, 0.05) is 12.4 Å². The van der Waals surface area contributed by atoms with Gasteiger partial charge in [0.2, 0.25) is 0 Å². The smallest absolute Gasteiger partial charge is 0.339 e. The van der Waals surface area contributed by atoms with E-state index in [0.717, 1.165) is 0 Å². The molecule has 108 valence electrons. The summed E-state index contributed by atoms with van der Waals surface area (Å²) in [5.41, 5.74) is 0.773. The maximum atomic E-state index is 11.4. The zero-order valence-electron chi connectivity index (χ0n) is 11.4. The van der Waals surface area contributed by atoms with Crippen molar-refractivity contribution in [3.05, 3.63) is 47.7 Å². The van der Waals surface area contributed by atoms with Crippen LogP contribution in [-0.4, -0.2) is 25.8 Å². The molecular weight excluding hydrogens is 272 g/mol. The molecule has 3 rings (SSSR count). The molecule has 2 N–H and O–H groups in total. The molecule has 2 aromatic heterocycles. The number of aryl methyl sites for hydroxylation is 1. The molecule has 0 aliphatic rings. The quantitative estimate of drug-likeness (QED) is 0.739. The number of aromatic nitrogens is 3. The van der Waals surface area contributed by atoms with E-state index in [4.69, 9.17) is 4.42 Å². The number of aromatic carboxylic acids is 1. The van der Waals surface area contributed by atoms with Crippen molar-refractivity contribution in [1.82, 2.24) is 20.1 Å². The number of carboxylic acids is 1. The van der Waals surface area contributed by atoms with E-state index < -0.39 is 5.97 Å². The Balaban J connectivity index is 1.80. The van der Waals surface area contributed by atoms with Crippen LogP contribution >= 0.6 is 0 Å². The first kappa shape index (κ1) is 13.3. The third kappa shape index (κ3) is 2.63. The Kier molecular flexibility index (Phi) is 3.41. The van der Waals surface area contributed by atoms with Gasteiger partial charge >= 0.3 is 5.97 Å². The molecule has 21 heavy (non-hydrogen) atoms. The minimum Gasteiger partial charge on any atom is -0.478 e. The predicted octanol–water partition coefficient (Wildman–Crippen LogP) is 1.55. The maximum absolute atomic E-state index is 11.4. The number of carboxylic acid groups (broad SMARTS) is 1. The molecule has 0 unspecified atom stereocenters. The largest absolute Gasteiger partial charge is 0.478 e. The van der Waals surface area contributed by atoms with E-state index >= 15 is 0 Å². The molecule has 7 heteroatoms. The van der Waals surface area contributed by atoms with Crippen LogP contribution in [0.3, 0.4) is 0 Å². The summed E-state index contributed by atoms with van der Waals surface area (Å²) in [6.45, 7) is 0.742. The Labute approximate surface area is 120 Å². The van der Waals surface area contributed by atoms with Crippen molar-refractivity contribution < 1.29 is 14.3 Å². The minimum absolute atomic E-state index is 0.201. The van der Waals surface area contributed by atoms with E-state index in [1.807, 2.05) is 6.07 Å². The molecule has 0 bridgehead atoms. The summed E-state index contributed by atoms with van der Waals surface area (Å²) < 4.78 is 7.23. The summed E-state index contributed by atoms with van der Waals surface area (Å²) in [5, 5.41) is 17.2. The molecule has 0 aliphatic carbocycles. The van der Waals surface area contributed by atoms with Crippen molar-refractivity contribution >= 4 is 16.9 Å². The SMILES string of the molecule is Cn1cnc(CNCc2oc3ccccc3c2C(=O)O)n1. The van der Waals surface area contributed by atoms with Crippen LogP contribution in [0, 0.1) is 0 Å².